The number of methoxy groups -OCH3 is 1. The average molecular weight is 368 g/mol. The van der Waals surface area contributed by atoms with Crippen LogP contribution in [-0.4, -0.2) is 13.1 Å². The Kier molecular flexibility index (Phi) is 5.82. The maximum atomic E-state index is 11.2. The van der Waals surface area contributed by atoms with Crippen molar-refractivity contribution in [2.24, 2.45) is 0 Å². The molecule has 0 saturated carbocycles. The third kappa shape index (κ3) is 4.58. The van der Waals surface area contributed by atoms with Crippen LogP contribution in [0.5, 0.6) is 0 Å². The molecule has 0 fully saturated rings. The molecule has 3 nitrogen and oxygen atoms in total. The molecule has 1 heterocycles. The van der Waals surface area contributed by atoms with Crippen molar-refractivity contribution in [2.45, 2.75) is 26.3 Å². The van der Waals surface area contributed by atoms with Gasteiger partial charge in [0.25, 0.3) is 0 Å². The minimum atomic E-state index is -0.197. The number of ether oxygens (including phenoxy) is 1. The van der Waals surface area contributed by atoms with E-state index in [1.54, 1.807) is 11.3 Å². The predicted molar refractivity (Wildman–Crippen MR) is 90.9 cm³/mol. The van der Waals surface area contributed by atoms with E-state index in [0.29, 0.717) is 6.42 Å². The normalized spacial score (nSPS) is 10.4. The zero-order valence-electron chi connectivity index (χ0n) is 12.1. The summed E-state index contributed by atoms with van der Waals surface area (Å²) < 4.78 is 5.78. The minimum Gasteiger partial charge on any atom is -0.469 e. The van der Waals surface area contributed by atoms with Crippen LogP contribution in [-0.2, 0) is 28.9 Å². The van der Waals surface area contributed by atoms with Crippen molar-refractivity contribution in [1.82, 2.24) is 0 Å². The molecule has 0 bridgehead atoms. The molecule has 0 aliphatic carbocycles. The number of thiophene rings is 1. The number of aryl methyl sites for hydroxylation is 1. The summed E-state index contributed by atoms with van der Waals surface area (Å²) in [5.41, 5.74) is 2.44. The highest BCUT2D eigenvalue weighted by atomic mass is 79.9. The first-order chi connectivity index (χ1) is 10.1. The molecule has 0 spiro atoms. The smallest absolute Gasteiger partial charge is 0.310 e. The van der Waals surface area contributed by atoms with Crippen molar-refractivity contribution in [2.75, 3.05) is 12.4 Å². The van der Waals surface area contributed by atoms with Gasteiger partial charge in [0.2, 0.25) is 0 Å². The van der Waals surface area contributed by atoms with Crippen molar-refractivity contribution >= 4 is 38.9 Å². The second-order valence-electron chi connectivity index (χ2n) is 4.63. The van der Waals surface area contributed by atoms with Crippen molar-refractivity contribution in [1.29, 1.82) is 0 Å². The van der Waals surface area contributed by atoms with Crippen molar-refractivity contribution < 1.29 is 9.53 Å². The molecule has 0 radical (unpaired) electrons. The Morgan fingerprint density at radius 2 is 2.05 bits per heavy atom. The molecule has 21 heavy (non-hydrogen) atoms. The third-order valence-electron chi connectivity index (χ3n) is 3.16. The summed E-state index contributed by atoms with van der Waals surface area (Å²) in [7, 11) is 1.41. The summed E-state index contributed by atoms with van der Waals surface area (Å²) in [5.74, 6) is -0.197. The van der Waals surface area contributed by atoms with Gasteiger partial charge in [-0.05, 0) is 42.3 Å². The SMILES string of the molecule is CCc1cc(Br)ccc1NCc1ccc(CC(=O)OC)s1. The van der Waals surface area contributed by atoms with Gasteiger partial charge in [-0.2, -0.15) is 0 Å². The topological polar surface area (TPSA) is 38.3 Å². The highest BCUT2D eigenvalue weighted by Crippen LogP contribution is 2.24. The summed E-state index contributed by atoms with van der Waals surface area (Å²) in [4.78, 5) is 13.5. The van der Waals surface area contributed by atoms with E-state index in [-0.39, 0.29) is 5.97 Å². The van der Waals surface area contributed by atoms with Gasteiger partial charge < -0.3 is 10.1 Å². The van der Waals surface area contributed by atoms with Crippen LogP contribution in [0, 0.1) is 0 Å². The molecule has 0 unspecified atom stereocenters. The van der Waals surface area contributed by atoms with Gasteiger partial charge in [-0.15, -0.1) is 11.3 Å². The summed E-state index contributed by atoms with van der Waals surface area (Å²) >= 11 is 5.14. The lowest BCUT2D eigenvalue weighted by atomic mass is 10.1. The number of rotatable bonds is 6. The molecule has 1 aromatic heterocycles. The molecule has 5 heteroatoms. The Morgan fingerprint density at radius 3 is 2.76 bits per heavy atom. The van der Waals surface area contributed by atoms with Gasteiger partial charge in [-0.1, -0.05) is 22.9 Å². The van der Waals surface area contributed by atoms with E-state index in [9.17, 15) is 4.79 Å². The molecule has 1 aromatic carbocycles. The first-order valence-electron chi connectivity index (χ1n) is 6.79. The molecule has 0 saturated heterocycles. The first kappa shape index (κ1) is 16.0. The molecule has 1 N–H and O–H groups in total. The second-order valence-corrected chi connectivity index (χ2v) is 6.80. The summed E-state index contributed by atoms with van der Waals surface area (Å²) in [5, 5.41) is 3.46. The summed E-state index contributed by atoms with van der Waals surface area (Å²) in [6, 6.07) is 10.3. The van der Waals surface area contributed by atoms with Crippen molar-refractivity contribution in [3.63, 3.8) is 0 Å². The number of carbonyl (C=O) groups is 1. The van der Waals surface area contributed by atoms with Gasteiger partial charge >= 0.3 is 5.97 Å². The van der Waals surface area contributed by atoms with E-state index in [1.165, 1.54) is 17.6 Å². The summed E-state index contributed by atoms with van der Waals surface area (Å²) in [6.07, 6.45) is 1.33. The van der Waals surface area contributed by atoms with E-state index in [1.807, 2.05) is 12.1 Å². The molecule has 0 aliphatic heterocycles. The number of benzene rings is 1. The van der Waals surface area contributed by atoms with E-state index >= 15 is 0 Å². The third-order valence-corrected chi connectivity index (χ3v) is 4.74. The van der Waals surface area contributed by atoms with Gasteiger partial charge in [-0.25, -0.2) is 0 Å². The van der Waals surface area contributed by atoms with Gasteiger partial charge in [0.05, 0.1) is 13.5 Å². The molecular formula is C16H18BrNO2S. The van der Waals surface area contributed by atoms with Crippen LogP contribution in [0.15, 0.2) is 34.8 Å². The lowest BCUT2D eigenvalue weighted by Crippen LogP contribution is -2.02. The molecular weight excluding hydrogens is 350 g/mol. The minimum absolute atomic E-state index is 0.197. The number of esters is 1. The van der Waals surface area contributed by atoms with Crippen LogP contribution in [0.2, 0.25) is 0 Å². The van der Waals surface area contributed by atoms with Crippen LogP contribution >= 0.6 is 27.3 Å². The van der Waals surface area contributed by atoms with Crippen LogP contribution in [0.3, 0.4) is 0 Å². The van der Waals surface area contributed by atoms with E-state index in [4.69, 9.17) is 0 Å². The molecule has 0 atom stereocenters. The highest BCUT2D eigenvalue weighted by molar-refractivity contribution is 9.10. The number of halogens is 1. The monoisotopic (exact) mass is 367 g/mol. The number of anilines is 1. The van der Waals surface area contributed by atoms with Crippen LogP contribution in [0.4, 0.5) is 5.69 Å². The number of carbonyl (C=O) groups excluding carboxylic acids is 1. The van der Waals surface area contributed by atoms with Crippen LogP contribution in [0.25, 0.3) is 0 Å². The lowest BCUT2D eigenvalue weighted by Gasteiger charge is -2.10. The average Bonchev–Trinajstić information content (AvgIpc) is 2.93. The lowest BCUT2D eigenvalue weighted by molar-refractivity contribution is -0.139. The zero-order chi connectivity index (χ0) is 15.2. The van der Waals surface area contributed by atoms with E-state index < -0.39 is 0 Å². The maximum absolute atomic E-state index is 11.2. The van der Waals surface area contributed by atoms with E-state index in [2.05, 4.69) is 51.1 Å². The maximum Gasteiger partial charge on any atom is 0.310 e. The Hall–Kier alpha value is -1.33. The molecule has 112 valence electrons. The number of nitrogens with one attached hydrogen (secondary N) is 1. The number of hydrogen-bond donors (Lipinski definition) is 1. The fraction of sp³-hybridized carbons (Fsp3) is 0.312. The van der Waals surface area contributed by atoms with Gasteiger partial charge in [0.15, 0.2) is 0 Å². The fourth-order valence-electron chi connectivity index (χ4n) is 2.04. The fourth-order valence-corrected chi connectivity index (χ4v) is 3.39. The zero-order valence-corrected chi connectivity index (χ0v) is 14.5. The van der Waals surface area contributed by atoms with Crippen LogP contribution in [0.1, 0.15) is 22.2 Å². The van der Waals surface area contributed by atoms with Gasteiger partial charge in [0.1, 0.15) is 0 Å². The highest BCUT2D eigenvalue weighted by Gasteiger charge is 2.07. The number of hydrogen-bond acceptors (Lipinski definition) is 4. The largest absolute Gasteiger partial charge is 0.469 e. The second kappa shape index (κ2) is 7.61. The Labute approximate surface area is 137 Å². The Balaban J connectivity index is 1.98. The van der Waals surface area contributed by atoms with Gasteiger partial charge in [-0.3, -0.25) is 4.79 Å². The first-order valence-corrected chi connectivity index (χ1v) is 8.40. The standard InChI is InChI=1S/C16H18BrNO2S/c1-3-11-8-12(17)4-7-15(11)18-10-14-6-5-13(21-14)9-16(19)20-2/h4-8,18H,3,9-10H2,1-2H3. The van der Waals surface area contributed by atoms with Crippen molar-refractivity contribution in [3.8, 4) is 0 Å². The quantitative estimate of drug-likeness (QED) is 0.768. The van der Waals surface area contributed by atoms with Crippen molar-refractivity contribution in [3.05, 3.63) is 50.1 Å². The molecule has 0 aliphatic rings. The van der Waals surface area contributed by atoms with Crippen LogP contribution < -0.4 is 5.32 Å². The Bertz CT molecular complexity index is 624. The molecule has 2 aromatic rings. The summed E-state index contributed by atoms with van der Waals surface area (Å²) in [6.45, 7) is 2.91. The molecule has 0 amide bonds. The predicted octanol–water partition coefficient (Wildman–Crippen LogP) is 4.40. The Morgan fingerprint density at radius 1 is 1.29 bits per heavy atom. The van der Waals surface area contributed by atoms with Gasteiger partial charge in [0, 0.05) is 26.5 Å². The molecule has 2 rings (SSSR count). The van der Waals surface area contributed by atoms with E-state index in [0.717, 1.165) is 28.0 Å².